The normalized spacial score (nSPS) is 15.9. The molecule has 0 spiro atoms. The van der Waals surface area contributed by atoms with Crippen molar-refractivity contribution >= 4 is 22.9 Å². The van der Waals surface area contributed by atoms with Gasteiger partial charge < -0.3 is 34.7 Å². The van der Waals surface area contributed by atoms with Crippen LogP contribution in [0, 0.1) is 0 Å². The molecule has 0 aliphatic heterocycles. The Morgan fingerprint density at radius 1 is 1.08 bits per heavy atom. The lowest BCUT2D eigenvalue weighted by Crippen LogP contribution is -2.49. The predicted octanol–water partition coefficient (Wildman–Crippen LogP) is -2.09. The molecule has 0 aliphatic rings. The van der Waals surface area contributed by atoms with Gasteiger partial charge in [-0.05, 0) is 12.1 Å². The number of carbonyl (C=O) groups excluding carboxylic acids is 2. The zero-order chi connectivity index (χ0) is 19.4. The Morgan fingerprint density at radius 3 is 2.38 bits per heavy atom. The van der Waals surface area contributed by atoms with Crippen molar-refractivity contribution in [1.29, 1.82) is 0 Å². The summed E-state index contributed by atoms with van der Waals surface area (Å²) < 4.78 is 9.22. The molecule has 10 heteroatoms. The van der Waals surface area contributed by atoms with Gasteiger partial charge in [-0.15, -0.1) is 0 Å². The zero-order valence-corrected chi connectivity index (χ0v) is 13.2. The molecule has 1 aromatic carbocycles. The molecule has 2 aromatic rings. The quantitative estimate of drug-likeness (QED) is 0.216. The summed E-state index contributed by atoms with van der Waals surface area (Å²) in [4.78, 5) is 35.5. The van der Waals surface area contributed by atoms with Crippen LogP contribution in [0.15, 0.2) is 39.5 Å². The van der Waals surface area contributed by atoms with Gasteiger partial charge in [-0.2, -0.15) is 0 Å². The Balaban J connectivity index is 2.15. The van der Waals surface area contributed by atoms with Gasteiger partial charge in [0.1, 0.15) is 29.5 Å². The van der Waals surface area contributed by atoms with Crippen molar-refractivity contribution in [2.45, 2.75) is 24.4 Å². The highest BCUT2D eigenvalue weighted by atomic mass is 16.6. The first-order valence-electron chi connectivity index (χ1n) is 7.38. The van der Waals surface area contributed by atoms with E-state index in [1.807, 2.05) is 0 Å². The van der Waals surface area contributed by atoms with E-state index in [0.29, 0.717) is 5.39 Å². The Labute approximate surface area is 145 Å². The summed E-state index contributed by atoms with van der Waals surface area (Å²) in [7, 11) is 0. The number of rotatable bonds is 6. The lowest BCUT2D eigenvalue weighted by molar-refractivity contribution is -0.164. The Hall–Kier alpha value is -2.63. The molecule has 0 aliphatic carbocycles. The average Bonchev–Trinajstić information content (AvgIpc) is 2.64. The van der Waals surface area contributed by atoms with Crippen molar-refractivity contribution in [1.82, 2.24) is 0 Å². The third kappa shape index (κ3) is 4.12. The van der Waals surface area contributed by atoms with E-state index in [4.69, 9.17) is 9.52 Å². The van der Waals surface area contributed by atoms with E-state index < -0.39 is 54.2 Å². The molecule has 4 atom stereocenters. The fourth-order valence-corrected chi connectivity index (χ4v) is 2.07. The van der Waals surface area contributed by atoms with Gasteiger partial charge in [-0.3, -0.25) is 0 Å². The topological polar surface area (TPSA) is 175 Å². The third-order valence-electron chi connectivity index (χ3n) is 3.55. The fourth-order valence-electron chi connectivity index (χ4n) is 2.07. The molecule has 10 nitrogen and oxygen atoms in total. The second kappa shape index (κ2) is 8.17. The third-order valence-corrected chi connectivity index (χ3v) is 3.55. The SMILES string of the molecule is O=C(OC(=O)[C@@H](O)[C@@H](O)[C@H](O)[C@H](O)CO)c1cc2ccccc2oc1=O. The van der Waals surface area contributed by atoms with E-state index in [9.17, 15) is 34.8 Å². The Bertz CT molecular complexity index is 857. The minimum atomic E-state index is -2.41. The minimum absolute atomic E-state index is 0.206. The van der Waals surface area contributed by atoms with Crippen LogP contribution in [0.25, 0.3) is 11.0 Å². The van der Waals surface area contributed by atoms with Gasteiger partial charge in [0.2, 0.25) is 0 Å². The molecule has 140 valence electrons. The van der Waals surface area contributed by atoms with Gasteiger partial charge in [0, 0.05) is 5.39 Å². The molecule has 0 saturated carbocycles. The molecule has 0 unspecified atom stereocenters. The smallest absolute Gasteiger partial charge is 0.353 e. The molecule has 5 N–H and O–H groups in total. The molecule has 1 heterocycles. The average molecular weight is 368 g/mol. The van der Waals surface area contributed by atoms with Crippen molar-refractivity contribution in [2.24, 2.45) is 0 Å². The van der Waals surface area contributed by atoms with Gasteiger partial charge in [0.05, 0.1) is 6.61 Å². The van der Waals surface area contributed by atoms with Crippen LogP contribution in [-0.4, -0.2) is 68.5 Å². The lowest BCUT2D eigenvalue weighted by Gasteiger charge is -2.24. The summed E-state index contributed by atoms with van der Waals surface area (Å²) in [5, 5.41) is 46.9. The molecule has 1 aromatic heterocycles. The molecule has 0 radical (unpaired) electrons. The van der Waals surface area contributed by atoms with Crippen LogP contribution in [0.1, 0.15) is 10.4 Å². The number of fused-ring (bicyclic) bond motifs is 1. The van der Waals surface area contributed by atoms with Gasteiger partial charge in [-0.1, -0.05) is 18.2 Å². The molecular weight excluding hydrogens is 352 g/mol. The van der Waals surface area contributed by atoms with Gasteiger partial charge >= 0.3 is 17.6 Å². The molecule has 0 fully saturated rings. The minimum Gasteiger partial charge on any atom is -0.422 e. The first-order valence-corrected chi connectivity index (χ1v) is 7.38. The van der Waals surface area contributed by atoms with Crippen molar-refractivity contribution < 1.29 is 44.3 Å². The van der Waals surface area contributed by atoms with Crippen LogP contribution in [0.3, 0.4) is 0 Å². The monoisotopic (exact) mass is 368 g/mol. The lowest BCUT2D eigenvalue weighted by atomic mass is 10.0. The Kier molecular flexibility index (Phi) is 6.18. The molecule has 0 bridgehead atoms. The second-order valence-electron chi connectivity index (χ2n) is 5.37. The Morgan fingerprint density at radius 2 is 1.73 bits per heavy atom. The van der Waals surface area contributed by atoms with Crippen molar-refractivity contribution in [3.8, 4) is 0 Å². The molecule has 2 rings (SSSR count). The highest BCUT2D eigenvalue weighted by Crippen LogP contribution is 2.14. The number of carbonyl (C=O) groups is 2. The second-order valence-corrected chi connectivity index (χ2v) is 5.37. The molecular formula is C16H16O10. The number of benzene rings is 1. The van der Waals surface area contributed by atoms with Gasteiger partial charge in [0.25, 0.3) is 0 Å². The van der Waals surface area contributed by atoms with Crippen LogP contribution in [0.2, 0.25) is 0 Å². The fraction of sp³-hybridized carbons (Fsp3) is 0.312. The van der Waals surface area contributed by atoms with Crippen molar-refractivity contribution in [3.05, 3.63) is 46.3 Å². The number of hydrogen-bond donors (Lipinski definition) is 5. The number of aliphatic hydroxyl groups excluding tert-OH is 5. The summed E-state index contributed by atoms with van der Waals surface area (Å²) in [6.45, 7) is -0.947. The van der Waals surface area contributed by atoms with Gasteiger partial charge in [0.15, 0.2) is 6.10 Å². The number of para-hydroxylation sites is 1. The maximum absolute atomic E-state index is 12.0. The highest BCUT2D eigenvalue weighted by Gasteiger charge is 2.36. The number of hydrogen-bond acceptors (Lipinski definition) is 10. The van der Waals surface area contributed by atoms with Crippen molar-refractivity contribution in [2.75, 3.05) is 6.61 Å². The summed E-state index contributed by atoms with van der Waals surface area (Å²) in [5.74, 6) is -3.10. The van der Waals surface area contributed by atoms with Crippen LogP contribution in [-0.2, 0) is 9.53 Å². The van der Waals surface area contributed by atoms with E-state index in [2.05, 4.69) is 4.74 Å². The van der Waals surface area contributed by atoms with Gasteiger partial charge in [-0.25, -0.2) is 14.4 Å². The van der Waals surface area contributed by atoms with Crippen LogP contribution >= 0.6 is 0 Å². The number of ether oxygens (including phenoxy) is 1. The standard InChI is InChI=1S/C16H16O10/c17-6-9(18)11(19)12(20)13(21)16(24)26-15(23)8-5-7-3-1-2-4-10(7)25-14(8)22/h1-5,9,11-13,17-21H,6H2/t9-,11-,12+,13+/m1/s1. The van der Waals surface area contributed by atoms with E-state index in [0.717, 1.165) is 6.07 Å². The first kappa shape index (κ1) is 19.7. The molecule has 0 amide bonds. The molecule has 26 heavy (non-hydrogen) atoms. The summed E-state index contributed by atoms with van der Waals surface area (Å²) in [6, 6.07) is 7.39. The van der Waals surface area contributed by atoms with E-state index in [1.165, 1.54) is 6.07 Å². The summed E-state index contributed by atoms with van der Waals surface area (Å²) >= 11 is 0. The number of aliphatic hydroxyl groups is 5. The zero-order valence-electron chi connectivity index (χ0n) is 13.2. The van der Waals surface area contributed by atoms with Crippen molar-refractivity contribution in [3.63, 3.8) is 0 Å². The van der Waals surface area contributed by atoms with E-state index in [-0.39, 0.29) is 5.58 Å². The van der Waals surface area contributed by atoms with Crippen LogP contribution in [0.5, 0.6) is 0 Å². The van der Waals surface area contributed by atoms with E-state index >= 15 is 0 Å². The van der Waals surface area contributed by atoms with Crippen LogP contribution in [0.4, 0.5) is 0 Å². The highest BCUT2D eigenvalue weighted by molar-refractivity contribution is 5.99. The van der Waals surface area contributed by atoms with E-state index in [1.54, 1.807) is 18.2 Å². The predicted molar refractivity (Wildman–Crippen MR) is 84.0 cm³/mol. The summed E-state index contributed by atoms with van der Waals surface area (Å²) in [5.41, 5.74) is -1.49. The molecule has 0 saturated heterocycles. The first-order chi connectivity index (χ1) is 12.3. The van der Waals surface area contributed by atoms with Crippen LogP contribution < -0.4 is 5.63 Å². The number of esters is 2. The maximum atomic E-state index is 12.0. The maximum Gasteiger partial charge on any atom is 0.353 e. The largest absolute Gasteiger partial charge is 0.422 e. The summed E-state index contributed by atoms with van der Waals surface area (Å²) in [6.07, 6.45) is -8.58.